The van der Waals surface area contributed by atoms with Crippen molar-refractivity contribution in [2.75, 3.05) is 0 Å². The molecule has 9 aromatic rings. The highest BCUT2D eigenvalue weighted by molar-refractivity contribution is 7.99. The summed E-state index contributed by atoms with van der Waals surface area (Å²) >= 11 is 1.88. The van der Waals surface area contributed by atoms with Gasteiger partial charge < -0.3 is 0 Å². The van der Waals surface area contributed by atoms with Crippen molar-refractivity contribution in [3.05, 3.63) is 146 Å². The summed E-state index contributed by atoms with van der Waals surface area (Å²) in [6.45, 7) is 0. The molecule has 0 saturated heterocycles. The minimum atomic E-state index is 1.17. The molecule has 43 heavy (non-hydrogen) atoms. The lowest BCUT2D eigenvalue weighted by atomic mass is 9.97. The van der Waals surface area contributed by atoms with Gasteiger partial charge in [-0.05, 0) is 75.1 Å². The van der Waals surface area contributed by atoms with Crippen LogP contribution in [0.3, 0.4) is 0 Å². The second kappa shape index (κ2) is 8.64. The number of rotatable bonds is 2. The summed E-state index contributed by atoms with van der Waals surface area (Å²) in [5, 5.41) is 9.04. The third kappa shape index (κ3) is 3.20. The van der Waals surface area contributed by atoms with Gasteiger partial charge in [0.15, 0.2) is 0 Å². The number of aromatic nitrogens is 2. The van der Waals surface area contributed by atoms with Crippen molar-refractivity contribution in [1.82, 2.24) is 9.13 Å². The first-order valence-corrected chi connectivity index (χ1v) is 15.5. The molecule has 0 saturated carbocycles. The van der Waals surface area contributed by atoms with Crippen molar-refractivity contribution >= 4 is 66.1 Å². The molecule has 0 radical (unpaired) electrons. The van der Waals surface area contributed by atoms with Crippen LogP contribution in [0.2, 0.25) is 0 Å². The second-order valence-corrected chi connectivity index (χ2v) is 12.5. The molecule has 0 unspecified atom stereocenters. The van der Waals surface area contributed by atoms with Gasteiger partial charge in [-0.1, -0.05) is 115 Å². The van der Waals surface area contributed by atoms with Crippen molar-refractivity contribution in [3.8, 4) is 22.5 Å². The number of fused-ring (bicyclic) bond motifs is 10. The van der Waals surface area contributed by atoms with Gasteiger partial charge in [-0.15, -0.1) is 0 Å². The SMILES string of the molecule is c1ccc(-n2c3ccccc3c3c4cccc5c4n(c32)-c2cc(-c3ccc4ccc6ccccc6c4c3)ccc2S5)cc1. The van der Waals surface area contributed by atoms with E-state index in [1.165, 1.54) is 86.7 Å². The third-order valence-electron chi connectivity index (χ3n) is 9.07. The topological polar surface area (TPSA) is 9.86 Å². The Morgan fingerprint density at radius 1 is 0.442 bits per heavy atom. The molecule has 7 aromatic carbocycles. The minimum Gasteiger partial charge on any atom is -0.295 e. The zero-order valence-corrected chi connectivity index (χ0v) is 24.0. The van der Waals surface area contributed by atoms with Crippen LogP contribution in [0.15, 0.2) is 155 Å². The molecule has 3 heterocycles. The molecule has 0 fully saturated rings. The maximum atomic E-state index is 2.53. The fraction of sp³-hybridized carbons (Fsp3) is 0. The van der Waals surface area contributed by atoms with Gasteiger partial charge in [0.2, 0.25) is 0 Å². The Bertz CT molecular complexity index is 2590. The fourth-order valence-corrected chi connectivity index (χ4v) is 8.25. The van der Waals surface area contributed by atoms with Crippen molar-refractivity contribution in [2.24, 2.45) is 0 Å². The average molecular weight is 565 g/mol. The zero-order valence-electron chi connectivity index (χ0n) is 23.2. The molecule has 200 valence electrons. The lowest BCUT2D eigenvalue weighted by Crippen LogP contribution is -2.06. The Kier molecular flexibility index (Phi) is 4.68. The highest BCUT2D eigenvalue weighted by Crippen LogP contribution is 2.50. The van der Waals surface area contributed by atoms with Gasteiger partial charge in [0, 0.05) is 31.6 Å². The molecule has 2 aromatic heterocycles. The van der Waals surface area contributed by atoms with E-state index >= 15 is 0 Å². The van der Waals surface area contributed by atoms with Gasteiger partial charge in [0.25, 0.3) is 0 Å². The number of hydrogen-bond donors (Lipinski definition) is 0. The van der Waals surface area contributed by atoms with E-state index in [0.717, 1.165) is 0 Å². The van der Waals surface area contributed by atoms with E-state index in [-0.39, 0.29) is 0 Å². The van der Waals surface area contributed by atoms with Crippen LogP contribution >= 0.6 is 11.8 Å². The minimum absolute atomic E-state index is 1.17. The van der Waals surface area contributed by atoms with Crippen LogP contribution in [0.25, 0.3) is 76.9 Å². The number of benzene rings is 7. The molecule has 0 spiro atoms. The highest BCUT2D eigenvalue weighted by atomic mass is 32.2. The molecule has 3 heteroatoms. The predicted octanol–water partition coefficient (Wildman–Crippen LogP) is 11.2. The molecule has 2 nitrogen and oxygen atoms in total. The monoisotopic (exact) mass is 564 g/mol. The van der Waals surface area contributed by atoms with Gasteiger partial charge in [0.05, 0.1) is 16.7 Å². The summed E-state index contributed by atoms with van der Waals surface area (Å²) < 4.78 is 4.97. The molecular weight excluding hydrogens is 541 g/mol. The Labute approximate surface area is 252 Å². The molecule has 0 N–H and O–H groups in total. The predicted molar refractivity (Wildman–Crippen MR) is 182 cm³/mol. The van der Waals surface area contributed by atoms with E-state index in [1.54, 1.807) is 0 Å². The zero-order chi connectivity index (χ0) is 28.1. The molecule has 1 aliphatic heterocycles. The average Bonchev–Trinajstić information content (AvgIpc) is 3.59. The maximum absolute atomic E-state index is 2.53. The third-order valence-corrected chi connectivity index (χ3v) is 10.2. The van der Waals surface area contributed by atoms with E-state index in [0.29, 0.717) is 0 Å². The highest BCUT2D eigenvalue weighted by Gasteiger charge is 2.28. The summed E-state index contributed by atoms with van der Waals surface area (Å²) in [5.41, 5.74) is 8.61. The molecule has 0 amide bonds. The molecular formula is C40H24N2S. The van der Waals surface area contributed by atoms with Crippen LogP contribution in [0.5, 0.6) is 0 Å². The Hall–Kier alpha value is -5.25. The van der Waals surface area contributed by atoms with Gasteiger partial charge in [-0.3, -0.25) is 9.13 Å². The summed E-state index contributed by atoms with van der Waals surface area (Å²) in [7, 11) is 0. The molecule has 0 aliphatic carbocycles. The van der Waals surface area contributed by atoms with Crippen LogP contribution in [0.4, 0.5) is 0 Å². The first-order chi connectivity index (χ1) is 21.3. The normalized spacial score (nSPS) is 12.6. The molecule has 0 atom stereocenters. The molecule has 10 rings (SSSR count). The smallest absolute Gasteiger partial charge is 0.131 e. The van der Waals surface area contributed by atoms with E-state index in [1.807, 2.05) is 11.8 Å². The molecule has 1 aliphatic rings. The van der Waals surface area contributed by atoms with Crippen molar-refractivity contribution in [1.29, 1.82) is 0 Å². The van der Waals surface area contributed by atoms with Crippen LogP contribution in [0.1, 0.15) is 0 Å². The van der Waals surface area contributed by atoms with Crippen molar-refractivity contribution in [3.63, 3.8) is 0 Å². The first-order valence-electron chi connectivity index (χ1n) is 14.7. The van der Waals surface area contributed by atoms with Crippen molar-refractivity contribution in [2.45, 2.75) is 9.79 Å². The fourth-order valence-electron chi connectivity index (χ4n) is 7.18. The number of para-hydroxylation sites is 3. The quantitative estimate of drug-likeness (QED) is 0.190. The summed E-state index contributed by atoms with van der Waals surface area (Å²) in [4.78, 5) is 2.58. The standard InChI is InChI=1S/C40H24N2S/c1-2-10-29(11-3-1)41-34-15-7-6-13-31(34)38-32-14-8-16-37-39(32)42(40(38)41)35-24-28(21-22-36(35)43-37)27-20-19-26-18-17-25-9-4-5-12-30(25)33(26)23-27/h1-24H. The molecule has 0 bridgehead atoms. The number of nitrogens with zero attached hydrogens (tertiary/aromatic N) is 2. The largest absolute Gasteiger partial charge is 0.295 e. The Morgan fingerprint density at radius 2 is 1.14 bits per heavy atom. The van der Waals surface area contributed by atoms with E-state index in [2.05, 4.69) is 155 Å². The lowest BCUT2D eigenvalue weighted by molar-refractivity contribution is 1.03. The summed E-state index contributed by atoms with van der Waals surface area (Å²) in [6.07, 6.45) is 0. The summed E-state index contributed by atoms with van der Waals surface area (Å²) in [6, 6.07) is 53.4. The van der Waals surface area contributed by atoms with E-state index in [9.17, 15) is 0 Å². The Morgan fingerprint density at radius 3 is 2.05 bits per heavy atom. The van der Waals surface area contributed by atoms with E-state index in [4.69, 9.17) is 0 Å². The summed E-state index contributed by atoms with van der Waals surface area (Å²) in [5.74, 6) is 0. The van der Waals surface area contributed by atoms with Crippen LogP contribution in [-0.2, 0) is 0 Å². The van der Waals surface area contributed by atoms with Gasteiger partial charge >= 0.3 is 0 Å². The van der Waals surface area contributed by atoms with E-state index < -0.39 is 0 Å². The van der Waals surface area contributed by atoms with Gasteiger partial charge in [-0.2, -0.15) is 0 Å². The van der Waals surface area contributed by atoms with Crippen LogP contribution in [-0.4, -0.2) is 9.13 Å². The van der Waals surface area contributed by atoms with Crippen LogP contribution in [0, 0.1) is 0 Å². The Balaban J connectivity index is 1.30. The van der Waals surface area contributed by atoms with Crippen molar-refractivity contribution < 1.29 is 0 Å². The maximum Gasteiger partial charge on any atom is 0.131 e. The lowest BCUT2D eigenvalue weighted by Gasteiger charge is -2.22. The first kappa shape index (κ1) is 23.3. The second-order valence-electron chi connectivity index (χ2n) is 11.4. The van der Waals surface area contributed by atoms with Gasteiger partial charge in [-0.25, -0.2) is 0 Å². The van der Waals surface area contributed by atoms with Gasteiger partial charge in [0.1, 0.15) is 5.65 Å². The number of hydrogen-bond acceptors (Lipinski definition) is 1. The van der Waals surface area contributed by atoms with Crippen LogP contribution < -0.4 is 0 Å².